The molecule has 0 radical (unpaired) electrons. The van der Waals surface area contributed by atoms with E-state index in [2.05, 4.69) is 36.9 Å². The van der Waals surface area contributed by atoms with Gasteiger partial charge in [0.25, 0.3) is 5.91 Å². The third-order valence-electron chi connectivity index (χ3n) is 16.3. The monoisotopic (exact) mass is 1220 g/mol. The fourth-order valence-corrected chi connectivity index (χ4v) is 10.8. The molecule has 4 rings (SSSR count). The average Bonchev–Trinajstić information content (AvgIpc) is 4.15. The van der Waals surface area contributed by atoms with Crippen molar-refractivity contribution in [3.8, 4) is 6.07 Å². The number of aliphatic hydroxyl groups is 1. The van der Waals surface area contributed by atoms with Crippen molar-refractivity contribution in [2.75, 3.05) is 46.7 Å². The first-order chi connectivity index (χ1) is 41.6. The van der Waals surface area contributed by atoms with Gasteiger partial charge in [-0.25, -0.2) is 9.78 Å². The zero-order chi connectivity index (χ0) is 65.7. The lowest BCUT2D eigenvalue weighted by Gasteiger charge is -2.41. The quantitative estimate of drug-likeness (QED) is 0.0450. The fraction of sp³-hybridized carbons (Fsp3) is 0.578. The smallest absolute Gasteiger partial charge is 0.410 e. The van der Waals surface area contributed by atoms with Crippen LogP contribution in [0.4, 0.5) is 10.5 Å². The highest BCUT2D eigenvalue weighted by Crippen LogP contribution is 2.30. The SMILES string of the molecule is CC[C@H](C)[C@@H]([C@@H](CC(=O)N1CCC[C@H]1[C@H](OC)[C@@H](C)C(=O)N[C@H](C)[C@@H](O)c1ccccc1)OC)N(C)C(=O)[C@@H](NC(=O)[C@H](C(C)C)N(C)C(=O)OCc1ccc(NC(=O)[C@H](C)NC(=O)[C@H](C)NC(=O)CCNC(=O)c2ccc(C#N)c(C)n2)cc1)C(C)C. The number of pyridine rings is 1. The molecule has 0 aliphatic carbocycles. The van der Waals surface area contributed by atoms with Crippen LogP contribution in [0.2, 0.25) is 0 Å². The minimum absolute atomic E-state index is 0.0430. The number of amides is 9. The second-order valence-corrected chi connectivity index (χ2v) is 23.5. The lowest BCUT2D eigenvalue weighted by atomic mass is 9.89. The van der Waals surface area contributed by atoms with Crippen LogP contribution in [0.25, 0.3) is 0 Å². The molecule has 1 aromatic heterocycles. The number of benzene rings is 2. The van der Waals surface area contributed by atoms with E-state index in [0.717, 1.165) is 0 Å². The van der Waals surface area contributed by atoms with Gasteiger partial charge in [-0.2, -0.15) is 5.26 Å². The molecular weight excluding hydrogens is 1130 g/mol. The van der Waals surface area contributed by atoms with Crippen molar-refractivity contribution in [1.82, 2.24) is 46.3 Å². The zero-order valence-electron chi connectivity index (χ0n) is 53.7. The third kappa shape index (κ3) is 20.0. The van der Waals surface area contributed by atoms with E-state index in [4.69, 9.17) is 19.5 Å². The molecule has 88 heavy (non-hydrogen) atoms. The first kappa shape index (κ1) is 72.5. The Labute approximate surface area is 517 Å². The molecule has 0 saturated carbocycles. The summed E-state index contributed by atoms with van der Waals surface area (Å²) in [5.41, 5.74) is 2.42. The summed E-state index contributed by atoms with van der Waals surface area (Å²) in [6.07, 6.45) is -1.48. The molecule has 1 aliphatic heterocycles. The number of hydrogen-bond donors (Lipinski definition) is 7. The maximum absolute atomic E-state index is 14.7. The van der Waals surface area contributed by atoms with Crippen LogP contribution >= 0.6 is 0 Å². The van der Waals surface area contributed by atoms with E-state index >= 15 is 0 Å². The Morgan fingerprint density at radius 1 is 0.773 bits per heavy atom. The van der Waals surface area contributed by atoms with Crippen LogP contribution in [0.1, 0.15) is 140 Å². The van der Waals surface area contributed by atoms with Gasteiger partial charge in [-0.1, -0.05) is 97.4 Å². The predicted octanol–water partition coefficient (Wildman–Crippen LogP) is 4.92. The Hall–Kier alpha value is -8.01. The maximum Gasteiger partial charge on any atom is 0.410 e. The van der Waals surface area contributed by atoms with Crippen molar-refractivity contribution in [3.63, 3.8) is 0 Å². The van der Waals surface area contributed by atoms with Gasteiger partial charge in [0.2, 0.25) is 41.4 Å². The number of likely N-dealkylation sites (tertiary alicyclic amines) is 1. The molecule has 12 atom stereocenters. The van der Waals surface area contributed by atoms with E-state index in [1.165, 1.54) is 52.1 Å². The summed E-state index contributed by atoms with van der Waals surface area (Å²) in [5, 5.41) is 36.3. The van der Waals surface area contributed by atoms with Crippen molar-refractivity contribution < 1.29 is 62.5 Å². The number of carbonyl (C=O) groups excluding carboxylic acids is 9. The largest absolute Gasteiger partial charge is 0.445 e. The summed E-state index contributed by atoms with van der Waals surface area (Å²) in [6, 6.07) is 14.6. The van der Waals surface area contributed by atoms with Gasteiger partial charge in [0.15, 0.2) is 0 Å². The lowest BCUT2D eigenvalue weighted by Crippen LogP contribution is -2.60. The van der Waals surface area contributed by atoms with Gasteiger partial charge in [-0.15, -0.1) is 0 Å². The van der Waals surface area contributed by atoms with Crippen LogP contribution in [0.15, 0.2) is 66.7 Å². The van der Waals surface area contributed by atoms with Crippen molar-refractivity contribution in [2.45, 2.75) is 175 Å². The van der Waals surface area contributed by atoms with Crippen molar-refractivity contribution in [2.24, 2.45) is 23.7 Å². The van der Waals surface area contributed by atoms with Crippen molar-refractivity contribution >= 4 is 59.0 Å². The normalized spacial score (nSPS) is 16.8. The molecule has 0 unspecified atom stereocenters. The topological polar surface area (TPSA) is 320 Å². The average molecular weight is 1220 g/mol. The molecule has 3 aromatic rings. The Morgan fingerprint density at radius 2 is 1.42 bits per heavy atom. The summed E-state index contributed by atoms with van der Waals surface area (Å²) < 4.78 is 17.7. The highest BCUT2D eigenvalue weighted by Gasteiger charge is 2.44. The Morgan fingerprint density at radius 3 is 2.00 bits per heavy atom. The predicted molar refractivity (Wildman–Crippen MR) is 329 cm³/mol. The summed E-state index contributed by atoms with van der Waals surface area (Å²) in [7, 11) is 6.09. The van der Waals surface area contributed by atoms with Crippen LogP contribution in [0.5, 0.6) is 0 Å². The molecule has 0 bridgehead atoms. The molecule has 2 aromatic carbocycles. The van der Waals surface area contributed by atoms with Gasteiger partial charge >= 0.3 is 6.09 Å². The summed E-state index contributed by atoms with van der Waals surface area (Å²) in [5.74, 6) is -5.45. The van der Waals surface area contributed by atoms with Gasteiger partial charge in [-0.05, 0) is 93.7 Å². The number of aryl methyl sites for hydroxylation is 1. The van der Waals surface area contributed by atoms with E-state index in [-0.39, 0.29) is 49.4 Å². The lowest BCUT2D eigenvalue weighted by molar-refractivity contribution is -0.148. The number of aromatic nitrogens is 1. The number of likely N-dealkylation sites (N-methyl/N-ethyl adjacent to an activating group) is 2. The van der Waals surface area contributed by atoms with Crippen LogP contribution in [0, 0.1) is 41.9 Å². The van der Waals surface area contributed by atoms with Gasteiger partial charge < -0.3 is 61.0 Å². The molecule has 482 valence electrons. The second-order valence-electron chi connectivity index (χ2n) is 23.5. The molecule has 9 amide bonds. The van der Waals surface area contributed by atoms with E-state index in [1.807, 2.05) is 38.1 Å². The fourth-order valence-electron chi connectivity index (χ4n) is 10.8. The first-order valence-electron chi connectivity index (χ1n) is 30.1. The first-order valence-corrected chi connectivity index (χ1v) is 30.1. The molecule has 1 aliphatic rings. The Balaban J connectivity index is 1.31. The van der Waals surface area contributed by atoms with E-state index in [1.54, 1.807) is 102 Å². The van der Waals surface area contributed by atoms with E-state index in [0.29, 0.717) is 53.9 Å². The second kappa shape index (κ2) is 34.5. The van der Waals surface area contributed by atoms with Gasteiger partial charge in [0.1, 0.15) is 42.5 Å². The number of nitriles is 1. The van der Waals surface area contributed by atoms with Crippen molar-refractivity contribution in [3.05, 3.63) is 94.8 Å². The minimum atomic E-state index is -1.06. The van der Waals surface area contributed by atoms with Crippen LogP contribution in [0.3, 0.4) is 0 Å². The number of aliphatic hydroxyl groups excluding tert-OH is 1. The highest BCUT2D eigenvalue weighted by atomic mass is 16.6. The number of ether oxygens (including phenoxy) is 3. The van der Waals surface area contributed by atoms with Gasteiger partial charge in [0, 0.05) is 53.5 Å². The van der Waals surface area contributed by atoms with Crippen LogP contribution in [-0.4, -0.2) is 174 Å². The number of methoxy groups -OCH3 is 2. The summed E-state index contributed by atoms with van der Waals surface area (Å²) in [4.78, 5) is 130. The minimum Gasteiger partial charge on any atom is -0.445 e. The molecule has 2 heterocycles. The molecule has 1 saturated heterocycles. The third-order valence-corrected chi connectivity index (χ3v) is 16.3. The Kier molecular flexibility index (Phi) is 28.4. The number of rotatable bonds is 31. The highest BCUT2D eigenvalue weighted by molar-refractivity contribution is 5.98. The van der Waals surface area contributed by atoms with E-state index < -0.39 is 120 Å². The number of anilines is 1. The standard InChI is InChI=1S/C64H93N11O13/c1-16-38(6)55(50(86-14)33-52(77)75-32-20-23-49(75)57(87-15)39(7)58(79)69-41(9)56(78)45-21-18-17-19-22-45)73(12)63(84)53(36(2)3)72-62(83)54(37(4)5)74(13)64(85)88-35-44-24-27-47(28-25-44)71-60(81)43(11)70-59(80)42(10)68-51(76)30-31-66-61(82)48-29-26-46(34-65)40(8)67-48/h17-19,21-22,24-29,36-39,41-43,49-50,53-57,78H,16,20,23,30-33,35H2,1-15H3,(H,66,82)(H,68,76)(H,69,79)(H,70,80)(H,71,81)(H,72,83)/t38-,39+,41+,42-,43-,49-,50+,53-,54-,55-,56+,57+/m0/s1. The summed E-state index contributed by atoms with van der Waals surface area (Å²) in [6.45, 7) is 19.3. The molecule has 7 N–H and O–H groups in total. The molecular formula is C64H93N11O13. The zero-order valence-corrected chi connectivity index (χ0v) is 53.7. The van der Waals surface area contributed by atoms with Crippen LogP contribution in [-0.2, 0) is 54.4 Å². The molecule has 24 heteroatoms. The number of carbonyl (C=O) groups is 9. The van der Waals surface area contributed by atoms with E-state index in [9.17, 15) is 48.3 Å². The molecule has 0 spiro atoms. The molecule has 24 nitrogen and oxygen atoms in total. The number of nitrogens with zero attached hydrogens (tertiary/aromatic N) is 5. The van der Waals surface area contributed by atoms with Gasteiger partial charge in [0.05, 0.1) is 60.0 Å². The summed E-state index contributed by atoms with van der Waals surface area (Å²) >= 11 is 0. The maximum atomic E-state index is 14.7. The Bertz CT molecular complexity index is 2900. The molecule has 1 fully saturated rings. The number of hydrogen-bond acceptors (Lipinski definition) is 15. The van der Waals surface area contributed by atoms with Crippen molar-refractivity contribution in [1.29, 1.82) is 5.26 Å². The van der Waals surface area contributed by atoms with Gasteiger partial charge in [-0.3, -0.25) is 43.3 Å². The number of nitrogens with one attached hydrogen (secondary N) is 6. The van der Waals surface area contributed by atoms with Crippen LogP contribution < -0.4 is 31.9 Å².